The van der Waals surface area contributed by atoms with Crippen LogP contribution in [0.4, 0.5) is 5.69 Å². The van der Waals surface area contributed by atoms with Crippen LogP contribution in [0.1, 0.15) is 17.5 Å². The van der Waals surface area contributed by atoms with Crippen LogP contribution < -0.4 is 10.1 Å². The van der Waals surface area contributed by atoms with Crippen LogP contribution in [0.3, 0.4) is 0 Å². The Morgan fingerprint density at radius 3 is 3.00 bits per heavy atom. The highest BCUT2D eigenvalue weighted by atomic mass is 35.5. The van der Waals surface area contributed by atoms with Crippen LogP contribution in [0.5, 0.6) is 5.75 Å². The molecule has 0 aliphatic heterocycles. The molecule has 0 heterocycles. The van der Waals surface area contributed by atoms with Crippen LogP contribution in [0.15, 0.2) is 12.1 Å². The highest BCUT2D eigenvalue weighted by molar-refractivity contribution is 6.29. The molecule has 0 saturated carbocycles. The Morgan fingerprint density at radius 1 is 1.50 bits per heavy atom. The van der Waals surface area contributed by atoms with Crippen molar-refractivity contribution in [3.63, 3.8) is 0 Å². The van der Waals surface area contributed by atoms with Crippen molar-refractivity contribution >= 4 is 23.2 Å². The van der Waals surface area contributed by atoms with Crippen molar-refractivity contribution < 1.29 is 9.53 Å². The van der Waals surface area contributed by atoms with Crippen molar-refractivity contribution in [1.29, 1.82) is 0 Å². The Bertz CT molecular complexity index is 418. The van der Waals surface area contributed by atoms with E-state index in [2.05, 4.69) is 11.4 Å². The van der Waals surface area contributed by atoms with E-state index < -0.39 is 0 Å². The number of rotatable bonds is 3. The predicted molar refractivity (Wildman–Crippen MR) is 64.4 cm³/mol. The maximum Gasteiger partial charge on any atom is 0.239 e. The highest BCUT2D eigenvalue weighted by Crippen LogP contribution is 2.36. The maximum absolute atomic E-state index is 11.4. The number of hydrogen-bond acceptors (Lipinski definition) is 2. The number of fused-ring (bicyclic) bond motifs is 1. The average Bonchev–Trinajstić information content (AvgIpc) is 2.77. The number of benzene rings is 1. The zero-order chi connectivity index (χ0) is 11.5. The number of aryl methyl sites for hydroxylation is 1. The summed E-state index contributed by atoms with van der Waals surface area (Å²) in [4.78, 5) is 11.4. The Hall–Kier alpha value is -1.22. The SMILES string of the molecule is COc1ccc2c(c1NC(=O)CCl)CCC2. The zero-order valence-electron chi connectivity index (χ0n) is 9.18. The van der Waals surface area contributed by atoms with Crippen LogP contribution in [0.2, 0.25) is 0 Å². The first-order valence-corrected chi connectivity index (χ1v) is 5.84. The summed E-state index contributed by atoms with van der Waals surface area (Å²) in [7, 11) is 1.60. The van der Waals surface area contributed by atoms with Gasteiger partial charge in [0.05, 0.1) is 12.8 Å². The van der Waals surface area contributed by atoms with E-state index in [4.69, 9.17) is 16.3 Å². The molecule has 1 aromatic carbocycles. The number of carbonyl (C=O) groups is 1. The van der Waals surface area contributed by atoms with Gasteiger partial charge in [-0.05, 0) is 36.5 Å². The van der Waals surface area contributed by atoms with E-state index in [1.807, 2.05) is 6.07 Å². The van der Waals surface area contributed by atoms with Crippen LogP contribution in [0.25, 0.3) is 0 Å². The topological polar surface area (TPSA) is 38.3 Å². The Kier molecular flexibility index (Phi) is 3.34. The van der Waals surface area contributed by atoms with Crippen molar-refractivity contribution in [3.8, 4) is 5.75 Å². The third kappa shape index (κ3) is 2.00. The van der Waals surface area contributed by atoms with Gasteiger partial charge in [0.1, 0.15) is 11.6 Å². The summed E-state index contributed by atoms with van der Waals surface area (Å²) in [5.41, 5.74) is 3.28. The van der Waals surface area contributed by atoms with Gasteiger partial charge in [-0.25, -0.2) is 0 Å². The van der Waals surface area contributed by atoms with E-state index in [1.165, 1.54) is 11.1 Å². The second-order valence-electron chi connectivity index (χ2n) is 3.82. The number of nitrogens with one attached hydrogen (secondary N) is 1. The molecule has 3 nitrogen and oxygen atoms in total. The van der Waals surface area contributed by atoms with Gasteiger partial charge in [-0.15, -0.1) is 11.6 Å². The molecule has 1 aliphatic rings. The molecule has 86 valence electrons. The van der Waals surface area contributed by atoms with Crippen molar-refractivity contribution in [2.45, 2.75) is 19.3 Å². The third-order valence-electron chi connectivity index (χ3n) is 2.85. The minimum atomic E-state index is -0.194. The molecular formula is C12H14ClNO2. The molecule has 1 aliphatic carbocycles. The van der Waals surface area contributed by atoms with Gasteiger partial charge in [0.25, 0.3) is 0 Å². The molecule has 4 heteroatoms. The molecule has 0 unspecified atom stereocenters. The number of halogens is 1. The van der Waals surface area contributed by atoms with Crippen molar-refractivity contribution in [2.75, 3.05) is 18.3 Å². The maximum atomic E-state index is 11.4. The van der Waals surface area contributed by atoms with Crippen molar-refractivity contribution in [2.24, 2.45) is 0 Å². The number of ether oxygens (including phenoxy) is 1. The zero-order valence-corrected chi connectivity index (χ0v) is 9.93. The minimum absolute atomic E-state index is 0.0349. The largest absolute Gasteiger partial charge is 0.495 e. The first-order chi connectivity index (χ1) is 7.76. The van der Waals surface area contributed by atoms with E-state index in [0.717, 1.165) is 24.9 Å². The van der Waals surface area contributed by atoms with Crippen LogP contribution >= 0.6 is 11.6 Å². The molecule has 0 radical (unpaired) electrons. The molecule has 1 aromatic rings. The highest BCUT2D eigenvalue weighted by Gasteiger charge is 2.19. The van der Waals surface area contributed by atoms with Gasteiger partial charge in [0.15, 0.2) is 0 Å². The molecular weight excluding hydrogens is 226 g/mol. The summed E-state index contributed by atoms with van der Waals surface area (Å²) < 4.78 is 5.26. The van der Waals surface area contributed by atoms with E-state index in [0.29, 0.717) is 5.75 Å². The van der Waals surface area contributed by atoms with Gasteiger partial charge in [-0.3, -0.25) is 4.79 Å². The number of hydrogen-bond donors (Lipinski definition) is 1. The summed E-state index contributed by atoms with van der Waals surface area (Å²) in [6.07, 6.45) is 3.19. The quantitative estimate of drug-likeness (QED) is 0.823. The van der Waals surface area contributed by atoms with Gasteiger partial charge in [-0.1, -0.05) is 6.07 Å². The monoisotopic (exact) mass is 239 g/mol. The molecule has 2 rings (SSSR count). The average molecular weight is 240 g/mol. The first-order valence-electron chi connectivity index (χ1n) is 5.31. The van der Waals surface area contributed by atoms with Crippen LogP contribution in [-0.4, -0.2) is 18.9 Å². The van der Waals surface area contributed by atoms with Crippen molar-refractivity contribution in [3.05, 3.63) is 23.3 Å². The minimum Gasteiger partial charge on any atom is -0.495 e. The standard InChI is InChI=1S/C12H14ClNO2/c1-16-10-6-5-8-3-2-4-9(8)12(10)14-11(15)7-13/h5-6H,2-4,7H2,1H3,(H,14,15). The van der Waals surface area contributed by atoms with Gasteiger partial charge >= 0.3 is 0 Å². The van der Waals surface area contributed by atoms with Gasteiger partial charge in [0, 0.05) is 0 Å². The number of carbonyl (C=O) groups excluding carboxylic acids is 1. The van der Waals surface area contributed by atoms with E-state index in [1.54, 1.807) is 7.11 Å². The predicted octanol–water partition coefficient (Wildman–Crippen LogP) is 2.36. The summed E-state index contributed by atoms with van der Waals surface area (Å²) in [5.74, 6) is 0.478. The lowest BCUT2D eigenvalue weighted by Gasteiger charge is -2.14. The molecule has 0 fully saturated rings. The molecule has 0 bridgehead atoms. The molecule has 0 atom stereocenters. The fourth-order valence-electron chi connectivity index (χ4n) is 2.12. The molecule has 0 spiro atoms. The fourth-order valence-corrected chi connectivity index (χ4v) is 2.19. The molecule has 0 aromatic heterocycles. The lowest BCUT2D eigenvalue weighted by atomic mass is 10.1. The molecule has 0 saturated heterocycles. The number of anilines is 1. The van der Waals surface area contributed by atoms with Crippen molar-refractivity contribution in [1.82, 2.24) is 0 Å². The number of alkyl halides is 1. The fraction of sp³-hybridized carbons (Fsp3) is 0.417. The lowest BCUT2D eigenvalue weighted by Crippen LogP contribution is -2.15. The van der Waals surface area contributed by atoms with E-state index in [-0.39, 0.29) is 11.8 Å². The molecule has 16 heavy (non-hydrogen) atoms. The van der Waals surface area contributed by atoms with E-state index >= 15 is 0 Å². The van der Waals surface area contributed by atoms with Gasteiger partial charge in [0.2, 0.25) is 5.91 Å². The molecule has 1 amide bonds. The van der Waals surface area contributed by atoms with Crippen LogP contribution in [-0.2, 0) is 17.6 Å². The number of methoxy groups -OCH3 is 1. The normalized spacial score (nSPS) is 13.4. The van der Waals surface area contributed by atoms with Crippen LogP contribution in [0, 0.1) is 0 Å². The summed E-state index contributed by atoms with van der Waals surface area (Å²) >= 11 is 5.50. The van der Waals surface area contributed by atoms with Gasteiger partial charge < -0.3 is 10.1 Å². The summed E-state index contributed by atoms with van der Waals surface area (Å²) in [5, 5.41) is 2.82. The Balaban J connectivity index is 2.39. The first kappa shape index (κ1) is 11.3. The number of amides is 1. The van der Waals surface area contributed by atoms with E-state index in [9.17, 15) is 4.79 Å². The Labute approximate surface area is 99.7 Å². The third-order valence-corrected chi connectivity index (χ3v) is 3.09. The van der Waals surface area contributed by atoms with Gasteiger partial charge in [-0.2, -0.15) is 0 Å². The smallest absolute Gasteiger partial charge is 0.239 e. The molecule has 1 N–H and O–H groups in total. The second kappa shape index (κ2) is 4.74. The second-order valence-corrected chi connectivity index (χ2v) is 4.08. The Morgan fingerprint density at radius 2 is 2.31 bits per heavy atom. The summed E-state index contributed by atoms with van der Waals surface area (Å²) in [6, 6.07) is 3.96. The summed E-state index contributed by atoms with van der Waals surface area (Å²) in [6.45, 7) is 0. The lowest BCUT2D eigenvalue weighted by molar-refractivity contribution is -0.113.